The maximum atomic E-state index is 12.9. The van der Waals surface area contributed by atoms with Gasteiger partial charge in [0, 0.05) is 24.2 Å². The third-order valence-electron chi connectivity index (χ3n) is 5.04. The third kappa shape index (κ3) is 3.30. The molecule has 26 heavy (non-hydrogen) atoms. The zero-order valence-electron chi connectivity index (χ0n) is 14.8. The second kappa shape index (κ2) is 7.44. The van der Waals surface area contributed by atoms with E-state index in [0.717, 1.165) is 18.7 Å². The summed E-state index contributed by atoms with van der Waals surface area (Å²) in [6.45, 7) is 1.32. The molecule has 1 aliphatic heterocycles. The molecule has 0 aliphatic carbocycles. The Balaban J connectivity index is 1.60. The van der Waals surface area contributed by atoms with Gasteiger partial charge in [0.15, 0.2) is 0 Å². The highest BCUT2D eigenvalue weighted by molar-refractivity contribution is 7.10. The number of amides is 1. The fourth-order valence-corrected chi connectivity index (χ4v) is 4.54. The number of hydrogen-bond acceptors (Lipinski definition) is 3. The predicted octanol–water partition coefficient (Wildman–Crippen LogP) is 4.36. The van der Waals surface area contributed by atoms with Gasteiger partial charge >= 0.3 is 0 Å². The highest BCUT2D eigenvalue weighted by Crippen LogP contribution is 2.37. The van der Waals surface area contributed by atoms with E-state index in [2.05, 4.69) is 40.6 Å². The van der Waals surface area contributed by atoms with Gasteiger partial charge in [-0.05, 0) is 41.1 Å². The molecule has 0 saturated carbocycles. The summed E-state index contributed by atoms with van der Waals surface area (Å²) in [4.78, 5) is 18.4. The number of carbonyl (C=O) groups excluding carboxylic acids is 1. The van der Waals surface area contributed by atoms with Gasteiger partial charge in [0.25, 0.3) is 0 Å². The average Bonchev–Trinajstić information content (AvgIpc) is 3.17. The van der Waals surface area contributed by atoms with Gasteiger partial charge in [-0.2, -0.15) is 0 Å². The van der Waals surface area contributed by atoms with Gasteiger partial charge in [-0.1, -0.05) is 48.5 Å². The summed E-state index contributed by atoms with van der Waals surface area (Å²) in [5, 5.41) is 2.17. The summed E-state index contributed by atoms with van der Waals surface area (Å²) in [6.07, 6.45) is 1.01. The van der Waals surface area contributed by atoms with Gasteiger partial charge in [-0.3, -0.25) is 9.69 Å². The normalized spacial score (nSPS) is 16.9. The molecule has 1 atom stereocenters. The second-order valence-electron chi connectivity index (χ2n) is 6.62. The van der Waals surface area contributed by atoms with Crippen molar-refractivity contribution < 1.29 is 4.79 Å². The van der Waals surface area contributed by atoms with Crippen LogP contribution in [-0.2, 0) is 11.2 Å². The molecular formula is C22H22N2OS. The van der Waals surface area contributed by atoms with E-state index in [9.17, 15) is 4.79 Å². The topological polar surface area (TPSA) is 23.6 Å². The van der Waals surface area contributed by atoms with E-state index in [1.54, 1.807) is 4.90 Å². The molecule has 0 N–H and O–H groups in total. The SMILES string of the molecule is CN(C(=O)CN1CCc2sccc2C1c1ccccc1)c1ccccc1. The number of benzene rings is 2. The van der Waals surface area contributed by atoms with Crippen molar-refractivity contribution in [1.29, 1.82) is 0 Å². The molecule has 0 bridgehead atoms. The van der Waals surface area contributed by atoms with Crippen molar-refractivity contribution in [2.45, 2.75) is 12.5 Å². The minimum Gasteiger partial charge on any atom is -0.314 e. The number of anilines is 1. The summed E-state index contributed by atoms with van der Waals surface area (Å²) in [5.74, 6) is 0.121. The minimum absolute atomic E-state index is 0.121. The van der Waals surface area contributed by atoms with E-state index in [1.165, 1.54) is 16.0 Å². The first-order valence-corrected chi connectivity index (χ1v) is 9.79. The van der Waals surface area contributed by atoms with Crippen LogP contribution in [0.2, 0.25) is 0 Å². The maximum Gasteiger partial charge on any atom is 0.240 e. The van der Waals surface area contributed by atoms with E-state index in [1.807, 2.05) is 54.8 Å². The van der Waals surface area contributed by atoms with Crippen molar-refractivity contribution in [1.82, 2.24) is 4.90 Å². The van der Waals surface area contributed by atoms with Gasteiger partial charge in [0.2, 0.25) is 5.91 Å². The van der Waals surface area contributed by atoms with Crippen LogP contribution in [0.15, 0.2) is 72.1 Å². The van der Waals surface area contributed by atoms with Crippen molar-refractivity contribution in [3.8, 4) is 0 Å². The monoisotopic (exact) mass is 362 g/mol. The number of hydrogen-bond donors (Lipinski definition) is 0. The van der Waals surface area contributed by atoms with E-state index >= 15 is 0 Å². The second-order valence-corrected chi connectivity index (χ2v) is 7.62. The molecule has 0 saturated heterocycles. The lowest BCUT2D eigenvalue weighted by Gasteiger charge is -2.36. The van der Waals surface area contributed by atoms with Crippen LogP contribution in [-0.4, -0.2) is 30.9 Å². The van der Waals surface area contributed by atoms with Gasteiger partial charge in [-0.15, -0.1) is 11.3 Å². The van der Waals surface area contributed by atoms with Crippen LogP contribution in [0, 0.1) is 0 Å². The molecule has 3 aromatic rings. The fourth-order valence-electron chi connectivity index (χ4n) is 3.64. The molecule has 3 nitrogen and oxygen atoms in total. The van der Waals surface area contributed by atoms with Crippen molar-refractivity contribution in [3.63, 3.8) is 0 Å². The Hall–Kier alpha value is -2.43. The molecule has 0 radical (unpaired) electrons. The van der Waals surface area contributed by atoms with Crippen molar-refractivity contribution >= 4 is 22.9 Å². The molecular weight excluding hydrogens is 340 g/mol. The zero-order chi connectivity index (χ0) is 17.9. The Morgan fingerprint density at radius 1 is 1.08 bits per heavy atom. The van der Waals surface area contributed by atoms with Crippen molar-refractivity contribution in [3.05, 3.63) is 88.1 Å². The molecule has 2 aromatic carbocycles. The lowest BCUT2D eigenvalue weighted by molar-refractivity contribution is -0.119. The minimum atomic E-state index is 0.121. The Morgan fingerprint density at radius 2 is 1.77 bits per heavy atom. The first kappa shape index (κ1) is 17.0. The Kier molecular flexibility index (Phi) is 4.87. The third-order valence-corrected chi connectivity index (χ3v) is 6.03. The molecule has 1 aliphatic rings. The number of nitrogens with zero attached hydrogens (tertiary/aromatic N) is 2. The Morgan fingerprint density at radius 3 is 2.50 bits per heavy atom. The molecule has 0 spiro atoms. The van der Waals surface area contributed by atoms with E-state index in [-0.39, 0.29) is 11.9 Å². The highest BCUT2D eigenvalue weighted by atomic mass is 32.1. The number of rotatable bonds is 4. The summed E-state index contributed by atoms with van der Waals surface area (Å²) in [6, 6.07) is 22.7. The van der Waals surface area contributed by atoms with Crippen molar-refractivity contribution in [2.24, 2.45) is 0 Å². The summed E-state index contributed by atoms with van der Waals surface area (Å²) in [7, 11) is 1.86. The quantitative estimate of drug-likeness (QED) is 0.688. The van der Waals surface area contributed by atoms with Crippen LogP contribution in [0.1, 0.15) is 22.0 Å². The molecule has 1 amide bonds. The van der Waals surface area contributed by atoms with Crippen molar-refractivity contribution in [2.75, 3.05) is 25.0 Å². The zero-order valence-corrected chi connectivity index (χ0v) is 15.7. The van der Waals surface area contributed by atoms with Crippen LogP contribution in [0.25, 0.3) is 0 Å². The van der Waals surface area contributed by atoms with Crippen LogP contribution < -0.4 is 4.90 Å². The van der Waals surface area contributed by atoms with Gasteiger partial charge < -0.3 is 4.90 Å². The number of likely N-dealkylation sites (N-methyl/N-ethyl adjacent to an activating group) is 1. The molecule has 1 unspecified atom stereocenters. The maximum absolute atomic E-state index is 12.9. The average molecular weight is 362 g/mol. The smallest absolute Gasteiger partial charge is 0.240 e. The lowest BCUT2D eigenvalue weighted by Crippen LogP contribution is -2.43. The number of thiophene rings is 1. The number of para-hydroxylation sites is 1. The summed E-state index contributed by atoms with van der Waals surface area (Å²) < 4.78 is 0. The molecule has 0 fully saturated rings. The summed E-state index contributed by atoms with van der Waals surface area (Å²) in [5.41, 5.74) is 3.53. The first-order chi connectivity index (χ1) is 12.7. The molecule has 132 valence electrons. The molecule has 2 heterocycles. The number of carbonyl (C=O) groups is 1. The largest absolute Gasteiger partial charge is 0.314 e. The van der Waals surface area contributed by atoms with Gasteiger partial charge in [0.05, 0.1) is 12.6 Å². The van der Waals surface area contributed by atoms with E-state index < -0.39 is 0 Å². The molecule has 1 aromatic heterocycles. The van der Waals surface area contributed by atoms with Crippen LogP contribution in [0.5, 0.6) is 0 Å². The Bertz CT molecular complexity index is 875. The lowest BCUT2D eigenvalue weighted by atomic mass is 9.93. The number of fused-ring (bicyclic) bond motifs is 1. The Labute approximate surface area is 158 Å². The van der Waals surface area contributed by atoms with Crippen LogP contribution in [0.3, 0.4) is 0 Å². The molecule has 4 heteroatoms. The van der Waals surface area contributed by atoms with Crippen LogP contribution in [0.4, 0.5) is 5.69 Å². The van der Waals surface area contributed by atoms with Gasteiger partial charge in [0.1, 0.15) is 0 Å². The first-order valence-electron chi connectivity index (χ1n) is 8.91. The van der Waals surface area contributed by atoms with Crippen LogP contribution >= 0.6 is 11.3 Å². The predicted molar refractivity (Wildman–Crippen MR) is 108 cm³/mol. The van der Waals surface area contributed by atoms with E-state index in [4.69, 9.17) is 0 Å². The standard InChI is InChI=1S/C22H22N2OS/c1-23(18-10-6-3-7-11-18)21(25)16-24-14-12-20-19(13-15-26-20)22(24)17-8-4-2-5-9-17/h2-11,13,15,22H,12,14,16H2,1H3. The highest BCUT2D eigenvalue weighted by Gasteiger charge is 2.31. The van der Waals surface area contributed by atoms with Gasteiger partial charge in [-0.25, -0.2) is 0 Å². The fraction of sp³-hybridized carbons (Fsp3) is 0.227. The van der Waals surface area contributed by atoms with E-state index in [0.29, 0.717) is 6.54 Å². The molecule has 4 rings (SSSR count). The summed E-state index contributed by atoms with van der Waals surface area (Å²) >= 11 is 1.83.